The normalized spacial score (nSPS) is 19.1. The summed E-state index contributed by atoms with van der Waals surface area (Å²) >= 11 is 0. The molecule has 1 aliphatic rings. The van der Waals surface area contributed by atoms with Gasteiger partial charge in [-0.2, -0.15) is 0 Å². The molecule has 0 unspecified atom stereocenters. The van der Waals surface area contributed by atoms with E-state index in [1.807, 2.05) is 25.7 Å². The van der Waals surface area contributed by atoms with Gasteiger partial charge in [0.05, 0.1) is 0 Å². The van der Waals surface area contributed by atoms with Crippen molar-refractivity contribution >= 4 is 5.91 Å². The fourth-order valence-corrected chi connectivity index (χ4v) is 1.29. The van der Waals surface area contributed by atoms with Gasteiger partial charge in [0.1, 0.15) is 0 Å². The molecule has 2 nitrogen and oxygen atoms in total. The molecule has 1 rings (SSSR count). The largest absolute Gasteiger partial charge is 0.336 e. The molecule has 11 heavy (non-hydrogen) atoms. The minimum Gasteiger partial charge on any atom is -0.336 e. The summed E-state index contributed by atoms with van der Waals surface area (Å²) in [5, 5.41) is 0. The molecule has 1 amide bonds. The molecule has 2 heteroatoms. The SMILES string of the molecule is CC1=CC(=O)N(C(C)C)CC1. The molecule has 0 fully saturated rings. The van der Waals surface area contributed by atoms with Gasteiger partial charge in [-0.05, 0) is 27.2 Å². The third-order valence-corrected chi connectivity index (χ3v) is 2.02. The van der Waals surface area contributed by atoms with Crippen LogP contribution in [0.1, 0.15) is 27.2 Å². The van der Waals surface area contributed by atoms with Crippen LogP contribution in [0.15, 0.2) is 11.6 Å². The Hall–Kier alpha value is -0.790. The van der Waals surface area contributed by atoms with E-state index in [-0.39, 0.29) is 5.91 Å². The third-order valence-electron chi connectivity index (χ3n) is 2.02. The van der Waals surface area contributed by atoms with Crippen LogP contribution in [0, 0.1) is 0 Å². The molecule has 62 valence electrons. The summed E-state index contributed by atoms with van der Waals surface area (Å²) in [5.74, 6) is 0.170. The molecule has 1 heterocycles. The van der Waals surface area contributed by atoms with Crippen LogP contribution < -0.4 is 0 Å². The Bertz CT molecular complexity index is 194. The number of carbonyl (C=O) groups is 1. The molecule has 1 aliphatic heterocycles. The van der Waals surface area contributed by atoms with Crippen molar-refractivity contribution in [3.05, 3.63) is 11.6 Å². The lowest BCUT2D eigenvalue weighted by Crippen LogP contribution is -2.38. The summed E-state index contributed by atoms with van der Waals surface area (Å²) in [7, 11) is 0. The predicted octanol–water partition coefficient (Wildman–Crippen LogP) is 1.57. The van der Waals surface area contributed by atoms with Crippen molar-refractivity contribution in [1.82, 2.24) is 4.90 Å². The molecule has 0 bridgehead atoms. The highest BCUT2D eigenvalue weighted by Gasteiger charge is 2.18. The zero-order valence-electron chi connectivity index (χ0n) is 7.42. The average Bonchev–Trinajstić information content (AvgIpc) is 1.85. The van der Waals surface area contributed by atoms with E-state index >= 15 is 0 Å². The van der Waals surface area contributed by atoms with Crippen LogP contribution in [0.4, 0.5) is 0 Å². The molecule has 0 aromatic heterocycles. The maximum absolute atomic E-state index is 11.3. The smallest absolute Gasteiger partial charge is 0.246 e. The van der Waals surface area contributed by atoms with E-state index in [0.29, 0.717) is 6.04 Å². The highest BCUT2D eigenvalue weighted by Crippen LogP contribution is 2.12. The van der Waals surface area contributed by atoms with Crippen molar-refractivity contribution in [1.29, 1.82) is 0 Å². The van der Waals surface area contributed by atoms with E-state index < -0.39 is 0 Å². The van der Waals surface area contributed by atoms with Crippen molar-refractivity contribution in [2.45, 2.75) is 33.2 Å². The van der Waals surface area contributed by atoms with E-state index in [1.165, 1.54) is 5.57 Å². The summed E-state index contributed by atoms with van der Waals surface area (Å²) in [4.78, 5) is 13.2. The monoisotopic (exact) mass is 153 g/mol. The van der Waals surface area contributed by atoms with Crippen molar-refractivity contribution in [3.8, 4) is 0 Å². The molecular formula is C9H15NO. The lowest BCUT2D eigenvalue weighted by molar-refractivity contribution is -0.128. The first-order chi connectivity index (χ1) is 5.11. The van der Waals surface area contributed by atoms with Crippen LogP contribution in [0.2, 0.25) is 0 Å². The van der Waals surface area contributed by atoms with Crippen molar-refractivity contribution in [2.75, 3.05) is 6.54 Å². The second kappa shape index (κ2) is 3.07. The van der Waals surface area contributed by atoms with Gasteiger partial charge >= 0.3 is 0 Å². The van der Waals surface area contributed by atoms with Gasteiger partial charge < -0.3 is 4.90 Å². The Morgan fingerprint density at radius 1 is 1.55 bits per heavy atom. The van der Waals surface area contributed by atoms with E-state index in [2.05, 4.69) is 0 Å². The van der Waals surface area contributed by atoms with Crippen LogP contribution in [0.3, 0.4) is 0 Å². The lowest BCUT2D eigenvalue weighted by Gasteiger charge is -2.28. The molecule has 0 aromatic rings. The number of hydrogen-bond donors (Lipinski definition) is 0. The van der Waals surface area contributed by atoms with Gasteiger partial charge in [-0.15, -0.1) is 0 Å². The zero-order valence-corrected chi connectivity index (χ0v) is 7.42. The van der Waals surface area contributed by atoms with Gasteiger partial charge in [0, 0.05) is 18.7 Å². The summed E-state index contributed by atoms with van der Waals surface area (Å²) < 4.78 is 0. The van der Waals surface area contributed by atoms with Gasteiger partial charge in [-0.1, -0.05) is 5.57 Å². The Morgan fingerprint density at radius 2 is 2.18 bits per heavy atom. The number of amides is 1. The fourth-order valence-electron chi connectivity index (χ4n) is 1.29. The average molecular weight is 153 g/mol. The second-order valence-corrected chi connectivity index (χ2v) is 3.37. The van der Waals surface area contributed by atoms with Crippen LogP contribution in [-0.4, -0.2) is 23.4 Å². The molecule has 0 spiro atoms. The van der Waals surface area contributed by atoms with E-state index in [9.17, 15) is 4.79 Å². The second-order valence-electron chi connectivity index (χ2n) is 3.37. The van der Waals surface area contributed by atoms with Gasteiger partial charge in [-0.3, -0.25) is 4.79 Å². The summed E-state index contributed by atoms with van der Waals surface area (Å²) in [6, 6.07) is 0.340. The Labute approximate surface area is 67.9 Å². The quantitative estimate of drug-likeness (QED) is 0.560. The summed E-state index contributed by atoms with van der Waals surface area (Å²) in [6.07, 6.45) is 2.77. The number of nitrogens with zero attached hydrogens (tertiary/aromatic N) is 1. The Morgan fingerprint density at radius 3 is 2.64 bits per heavy atom. The summed E-state index contributed by atoms with van der Waals surface area (Å²) in [5.41, 5.74) is 1.20. The minimum atomic E-state index is 0.170. The van der Waals surface area contributed by atoms with E-state index in [4.69, 9.17) is 0 Å². The highest BCUT2D eigenvalue weighted by atomic mass is 16.2. The minimum absolute atomic E-state index is 0.170. The molecule has 0 saturated carbocycles. The third kappa shape index (κ3) is 1.82. The highest BCUT2D eigenvalue weighted by molar-refractivity contribution is 5.89. The first-order valence-corrected chi connectivity index (χ1v) is 4.09. The van der Waals surface area contributed by atoms with Crippen molar-refractivity contribution in [2.24, 2.45) is 0 Å². The van der Waals surface area contributed by atoms with Crippen molar-refractivity contribution < 1.29 is 4.79 Å². The van der Waals surface area contributed by atoms with Gasteiger partial charge in [0.25, 0.3) is 0 Å². The van der Waals surface area contributed by atoms with E-state index in [0.717, 1.165) is 13.0 Å². The first-order valence-electron chi connectivity index (χ1n) is 4.09. The van der Waals surface area contributed by atoms with Gasteiger partial charge in [0.2, 0.25) is 5.91 Å². The van der Waals surface area contributed by atoms with Crippen LogP contribution in [-0.2, 0) is 4.79 Å². The zero-order chi connectivity index (χ0) is 8.43. The summed E-state index contributed by atoms with van der Waals surface area (Å²) in [6.45, 7) is 6.99. The van der Waals surface area contributed by atoms with Crippen LogP contribution in [0.25, 0.3) is 0 Å². The van der Waals surface area contributed by atoms with Gasteiger partial charge in [-0.25, -0.2) is 0 Å². The number of hydrogen-bond acceptors (Lipinski definition) is 1. The molecule has 0 saturated heterocycles. The van der Waals surface area contributed by atoms with E-state index in [1.54, 1.807) is 6.08 Å². The molecular weight excluding hydrogens is 138 g/mol. The standard InChI is InChI=1S/C9H15NO/c1-7(2)10-5-4-8(3)6-9(10)11/h6-7H,4-5H2,1-3H3. The molecule has 0 N–H and O–H groups in total. The van der Waals surface area contributed by atoms with Crippen molar-refractivity contribution in [3.63, 3.8) is 0 Å². The van der Waals surface area contributed by atoms with Crippen LogP contribution in [0.5, 0.6) is 0 Å². The first kappa shape index (κ1) is 8.31. The van der Waals surface area contributed by atoms with Crippen LogP contribution >= 0.6 is 0 Å². The maximum atomic E-state index is 11.3. The van der Waals surface area contributed by atoms with Gasteiger partial charge in [0.15, 0.2) is 0 Å². The maximum Gasteiger partial charge on any atom is 0.246 e. The molecule has 0 atom stereocenters. The fraction of sp³-hybridized carbons (Fsp3) is 0.667. The molecule has 0 aromatic carbocycles. The Kier molecular flexibility index (Phi) is 2.32. The predicted molar refractivity (Wildman–Crippen MR) is 45.2 cm³/mol. The molecule has 0 radical (unpaired) electrons. The topological polar surface area (TPSA) is 20.3 Å². The number of carbonyl (C=O) groups excluding carboxylic acids is 1. The Balaban J connectivity index is 2.68. The number of rotatable bonds is 1. The lowest BCUT2D eigenvalue weighted by atomic mass is 10.1. The molecule has 0 aliphatic carbocycles.